The van der Waals surface area contributed by atoms with E-state index in [0.29, 0.717) is 19.5 Å². The molecule has 0 saturated carbocycles. The number of nitriles is 1. The maximum atomic E-state index is 14.6. The maximum absolute atomic E-state index is 14.6. The predicted octanol–water partition coefficient (Wildman–Crippen LogP) is 2.91. The van der Waals surface area contributed by atoms with E-state index >= 15 is 0 Å². The fourth-order valence-electron chi connectivity index (χ4n) is 2.48. The van der Waals surface area contributed by atoms with Crippen LogP contribution >= 0.6 is 0 Å². The summed E-state index contributed by atoms with van der Waals surface area (Å²) in [5.41, 5.74) is -1.84. The van der Waals surface area contributed by atoms with E-state index in [1.165, 1.54) is 0 Å². The molecule has 1 atom stereocenters. The van der Waals surface area contributed by atoms with Gasteiger partial charge < -0.3 is 4.90 Å². The molecule has 1 unspecified atom stereocenters. The molecule has 1 saturated heterocycles. The van der Waals surface area contributed by atoms with E-state index < -0.39 is 17.0 Å². The van der Waals surface area contributed by atoms with E-state index in [1.807, 2.05) is 27.7 Å². The van der Waals surface area contributed by atoms with Crippen LogP contribution in [-0.2, 0) is 4.79 Å². The van der Waals surface area contributed by atoms with Crippen molar-refractivity contribution in [2.24, 2.45) is 11.3 Å². The van der Waals surface area contributed by atoms with Crippen LogP contribution in [0.2, 0.25) is 0 Å². The van der Waals surface area contributed by atoms with Crippen molar-refractivity contribution < 1.29 is 9.18 Å². The molecule has 1 aliphatic rings. The van der Waals surface area contributed by atoms with Crippen molar-refractivity contribution in [3.63, 3.8) is 0 Å². The van der Waals surface area contributed by atoms with Crippen molar-refractivity contribution in [2.45, 2.75) is 52.6 Å². The minimum absolute atomic E-state index is 0.0644. The van der Waals surface area contributed by atoms with Gasteiger partial charge in [-0.15, -0.1) is 0 Å². The first-order chi connectivity index (χ1) is 8.24. The Kier molecular flexibility index (Phi) is 4.37. The summed E-state index contributed by atoms with van der Waals surface area (Å²) in [6.45, 7) is 8.29. The van der Waals surface area contributed by atoms with Crippen molar-refractivity contribution in [2.75, 3.05) is 13.1 Å². The Morgan fingerprint density at radius 1 is 1.44 bits per heavy atom. The molecule has 1 amide bonds. The third-order valence-electron chi connectivity index (χ3n) is 3.71. The van der Waals surface area contributed by atoms with E-state index in [2.05, 4.69) is 6.07 Å². The van der Waals surface area contributed by atoms with E-state index in [9.17, 15) is 9.18 Å². The molecule has 0 aromatic heterocycles. The van der Waals surface area contributed by atoms with Crippen LogP contribution in [0.4, 0.5) is 4.39 Å². The van der Waals surface area contributed by atoms with Crippen LogP contribution in [0.1, 0.15) is 47.0 Å². The van der Waals surface area contributed by atoms with Crippen molar-refractivity contribution >= 4 is 5.91 Å². The van der Waals surface area contributed by atoms with Crippen molar-refractivity contribution in [1.29, 1.82) is 5.26 Å². The lowest BCUT2D eigenvalue weighted by atomic mass is 9.80. The first-order valence-corrected chi connectivity index (χ1v) is 6.62. The molecule has 1 aliphatic heterocycles. The molecule has 0 aromatic carbocycles. The standard InChI is InChI=1S/C14H23FN2O/c1-5-11(10-16)14(15)6-8-17(9-7-14)12(18)13(2,3)4/h11H,5-9H2,1-4H3. The molecule has 102 valence electrons. The molecule has 18 heavy (non-hydrogen) atoms. The zero-order valence-corrected chi connectivity index (χ0v) is 11.8. The zero-order valence-electron chi connectivity index (χ0n) is 11.8. The van der Waals surface area contributed by atoms with Gasteiger partial charge in [0.2, 0.25) is 5.91 Å². The molecule has 0 aromatic rings. The molecule has 0 radical (unpaired) electrons. The summed E-state index contributed by atoms with van der Waals surface area (Å²) in [6, 6.07) is 2.06. The monoisotopic (exact) mass is 254 g/mol. The van der Waals surface area contributed by atoms with Gasteiger partial charge in [0.1, 0.15) is 5.67 Å². The Bertz CT molecular complexity index is 346. The number of carbonyl (C=O) groups is 1. The van der Waals surface area contributed by atoms with Crippen molar-refractivity contribution in [3.8, 4) is 6.07 Å². The van der Waals surface area contributed by atoms with Gasteiger partial charge in [0, 0.05) is 31.3 Å². The molecule has 1 heterocycles. The highest BCUT2D eigenvalue weighted by molar-refractivity contribution is 5.81. The molecule has 1 rings (SSSR count). The number of amides is 1. The number of hydrogen-bond acceptors (Lipinski definition) is 2. The summed E-state index contributed by atoms with van der Waals surface area (Å²) in [5.74, 6) is -0.487. The highest BCUT2D eigenvalue weighted by Gasteiger charge is 2.43. The summed E-state index contributed by atoms with van der Waals surface area (Å²) in [7, 11) is 0. The number of alkyl halides is 1. The minimum Gasteiger partial charge on any atom is -0.342 e. The number of rotatable bonds is 2. The maximum Gasteiger partial charge on any atom is 0.227 e. The summed E-state index contributed by atoms with van der Waals surface area (Å²) in [6.07, 6.45) is 1.09. The van der Waals surface area contributed by atoms with Crippen LogP contribution in [0.25, 0.3) is 0 Å². The van der Waals surface area contributed by atoms with Gasteiger partial charge in [-0.2, -0.15) is 5.26 Å². The van der Waals surface area contributed by atoms with Gasteiger partial charge in [0.25, 0.3) is 0 Å². The lowest BCUT2D eigenvalue weighted by Crippen LogP contribution is -2.50. The fourth-order valence-corrected chi connectivity index (χ4v) is 2.48. The first-order valence-electron chi connectivity index (χ1n) is 6.62. The number of likely N-dealkylation sites (tertiary alicyclic amines) is 1. The number of piperidine rings is 1. The predicted molar refractivity (Wildman–Crippen MR) is 68.5 cm³/mol. The molecule has 3 nitrogen and oxygen atoms in total. The zero-order chi connectivity index (χ0) is 14.0. The van der Waals surface area contributed by atoms with Gasteiger partial charge in [-0.25, -0.2) is 4.39 Å². The van der Waals surface area contributed by atoms with Crippen LogP contribution < -0.4 is 0 Å². The topological polar surface area (TPSA) is 44.1 Å². The van der Waals surface area contributed by atoms with E-state index in [0.717, 1.165) is 0 Å². The lowest BCUT2D eigenvalue weighted by molar-refractivity contribution is -0.142. The van der Waals surface area contributed by atoms with Gasteiger partial charge in [-0.3, -0.25) is 4.79 Å². The Morgan fingerprint density at radius 2 is 1.94 bits per heavy atom. The van der Waals surface area contributed by atoms with Gasteiger partial charge in [0.05, 0.1) is 12.0 Å². The van der Waals surface area contributed by atoms with Gasteiger partial charge in [0.15, 0.2) is 0 Å². The van der Waals surface area contributed by atoms with Crippen LogP contribution in [0.5, 0.6) is 0 Å². The quantitative estimate of drug-likeness (QED) is 0.760. The molecule has 0 aliphatic carbocycles. The molecule has 0 spiro atoms. The summed E-state index contributed by atoms with van der Waals surface area (Å²) in [4.78, 5) is 13.8. The first kappa shape index (κ1) is 14.9. The van der Waals surface area contributed by atoms with Crippen LogP contribution in [-0.4, -0.2) is 29.6 Å². The average Bonchev–Trinajstić information content (AvgIpc) is 2.29. The number of hydrogen-bond donors (Lipinski definition) is 0. The molecule has 4 heteroatoms. The van der Waals surface area contributed by atoms with Crippen LogP contribution in [0.15, 0.2) is 0 Å². The SMILES string of the molecule is CCC(C#N)C1(F)CCN(C(=O)C(C)(C)C)CC1. The molecule has 1 fully saturated rings. The van der Waals surface area contributed by atoms with E-state index in [4.69, 9.17) is 5.26 Å². The number of halogens is 1. The Morgan fingerprint density at radius 3 is 2.28 bits per heavy atom. The molecular formula is C14H23FN2O. The lowest BCUT2D eigenvalue weighted by Gasteiger charge is -2.40. The summed E-state index contributed by atoms with van der Waals surface area (Å²) >= 11 is 0. The third kappa shape index (κ3) is 3.01. The minimum atomic E-state index is -1.42. The van der Waals surface area contributed by atoms with Gasteiger partial charge in [-0.1, -0.05) is 27.7 Å². The van der Waals surface area contributed by atoms with E-state index in [1.54, 1.807) is 4.90 Å². The fraction of sp³-hybridized carbons (Fsp3) is 0.857. The number of carbonyl (C=O) groups excluding carboxylic acids is 1. The third-order valence-corrected chi connectivity index (χ3v) is 3.71. The summed E-state index contributed by atoms with van der Waals surface area (Å²) in [5, 5.41) is 8.98. The van der Waals surface area contributed by atoms with Crippen LogP contribution in [0.3, 0.4) is 0 Å². The Hall–Kier alpha value is -1.11. The molecular weight excluding hydrogens is 231 g/mol. The van der Waals surface area contributed by atoms with Gasteiger partial charge >= 0.3 is 0 Å². The largest absolute Gasteiger partial charge is 0.342 e. The van der Waals surface area contributed by atoms with Crippen LogP contribution in [0, 0.1) is 22.7 Å². The highest BCUT2D eigenvalue weighted by Crippen LogP contribution is 2.36. The van der Waals surface area contributed by atoms with Gasteiger partial charge in [-0.05, 0) is 6.42 Å². The van der Waals surface area contributed by atoms with Crippen molar-refractivity contribution in [1.82, 2.24) is 4.90 Å². The second-order valence-electron chi connectivity index (χ2n) is 6.17. The average molecular weight is 254 g/mol. The highest BCUT2D eigenvalue weighted by atomic mass is 19.1. The Labute approximate surface area is 109 Å². The van der Waals surface area contributed by atoms with Crippen molar-refractivity contribution in [3.05, 3.63) is 0 Å². The smallest absolute Gasteiger partial charge is 0.227 e. The summed E-state index contributed by atoms with van der Waals surface area (Å²) < 4.78 is 14.6. The normalized spacial score (nSPS) is 21.2. The molecule has 0 N–H and O–H groups in total. The second kappa shape index (κ2) is 5.26. The Balaban J connectivity index is 2.67. The number of nitrogens with zero attached hydrogens (tertiary/aromatic N) is 2. The second-order valence-corrected chi connectivity index (χ2v) is 6.17. The molecule has 0 bridgehead atoms. The van der Waals surface area contributed by atoms with E-state index in [-0.39, 0.29) is 18.7 Å².